The average Bonchev–Trinajstić information content (AvgIpc) is 2.77. The van der Waals surface area contributed by atoms with E-state index < -0.39 is 0 Å². The van der Waals surface area contributed by atoms with E-state index in [2.05, 4.69) is 68.1 Å². The predicted molar refractivity (Wildman–Crippen MR) is 103 cm³/mol. The standard InChI is InChI=1S/C22H28N2/c1-4-24(5-2)16-15-23-22-20-11-7-6-10-18(20)13-14-19-17(3)9-8-12-21(19)22/h6-12H,4-5,13-16H2,1-3H3. The van der Waals surface area contributed by atoms with E-state index in [0.717, 1.165) is 39.0 Å². The Kier molecular flexibility index (Phi) is 5.47. The highest BCUT2D eigenvalue weighted by Crippen LogP contribution is 2.27. The van der Waals surface area contributed by atoms with Crippen LogP contribution in [-0.2, 0) is 12.8 Å². The number of fused-ring (bicyclic) bond motifs is 2. The Morgan fingerprint density at radius 2 is 1.67 bits per heavy atom. The molecule has 24 heavy (non-hydrogen) atoms. The van der Waals surface area contributed by atoms with Gasteiger partial charge in [0.2, 0.25) is 0 Å². The lowest BCUT2D eigenvalue weighted by atomic mass is 9.95. The van der Waals surface area contributed by atoms with E-state index in [0.29, 0.717) is 0 Å². The fourth-order valence-electron chi connectivity index (χ4n) is 3.64. The monoisotopic (exact) mass is 320 g/mol. The van der Waals surface area contributed by atoms with Crippen molar-refractivity contribution in [3.05, 3.63) is 70.3 Å². The molecule has 2 nitrogen and oxygen atoms in total. The second kappa shape index (κ2) is 7.76. The molecule has 0 saturated carbocycles. The predicted octanol–water partition coefficient (Wildman–Crippen LogP) is 4.27. The molecule has 0 saturated heterocycles. The van der Waals surface area contributed by atoms with Crippen molar-refractivity contribution in [1.29, 1.82) is 0 Å². The topological polar surface area (TPSA) is 15.6 Å². The highest BCUT2D eigenvalue weighted by atomic mass is 15.1. The van der Waals surface area contributed by atoms with Crippen molar-refractivity contribution >= 4 is 5.71 Å². The summed E-state index contributed by atoms with van der Waals surface area (Å²) in [6.07, 6.45) is 2.21. The van der Waals surface area contributed by atoms with Crippen LogP contribution in [0, 0.1) is 6.92 Å². The Morgan fingerprint density at radius 3 is 2.46 bits per heavy atom. The van der Waals surface area contributed by atoms with Crippen molar-refractivity contribution in [3.8, 4) is 0 Å². The molecule has 0 unspecified atom stereocenters. The maximum absolute atomic E-state index is 5.08. The molecule has 0 spiro atoms. The van der Waals surface area contributed by atoms with Crippen molar-refractivity contribution < 1.29 is 0 Å². The molecule has 1 aliphatic carbocycles. The van der Waals surface area contributed by atoms with Crippen LogP contribution in [0.4, 0.5) is 0 Å². The molecule has 0 N–H and O–H groups in total. The molecular formula is C22H28N2. The second-order valence-electron chi connectivity index (χ2n) is 6.52. The Hall–Kier alpha value is -1.93. The molecule has 126 valence electrons. The van der Waals surface area contributed by atoms with Crippen LogP contribution in [0.5, 0.6) is 0 Å². The van der Waals surface area contributed by atoms with Crippen LogP contribution in [-0.4, -0.2) is 36.8 Å². The van der Waals surface area contributed by atoms with Crippen molar-refractivity contribution in [1.82, 2.24) is 4.90 Å². The van der Waals surface area contributed by atoms with Gasteiger partial charge in [0, 0.05) is 17.7 Å². The van der Waals surface area contributed by atoms with Gasteiger partial charge in [-0.1, -0.05) is 56.3 Å². The molecule has 0 amide bonds. The smallest absolute Gasteiger partial charge is 0.0725 e. The van der Waals surface area contributed by atoms with Crippen LogP contribution >= 0.6 is 0 Å². The van der Waals surface area contributed by atoms with Crippen molar-refractivity contribution in [2.45, 2.75) is 33.6 Å². The number of likely N-dealkylation sites (N-methyl/N-ethyl adjacent to an activating group) is 1. The van der Waals surface area contributed by atoms with Crippen LogP contribution in [0.3, 0.4) is 0 Å². The minimum absolute atomic E-state index is 0.860. The maximum Gasteiger partial charge on any atom is 0.0725 e. The summed E-state index contributed by atoms with van der Waals surface area (Å²) in [5.41, 5.74) is 8.12. The third kappa shape index (κ3) is 3.44. The van der Waals surface area contributed by atoms with E-state index in [1.807, 2.05) is 0 Å². The van der Waals surface area contributed by atoms with E-state index in [1.165, 1.54) is 33.5 Å². The van der Waals surface area contributed by atoms with Crippen LogP contribution < -0.4 is 0 Å². The number of nitrogens with zero attached hydrogens (tertiary/aromatic N) is 2. The summed E-state index contributed by atoms with van der Waals surface area (Å²) in [5, 5.41) is 0. The SMILES string of the molecule is CCN(CC)CCN=C1c2ccccc2CCc2c(C)cccc21. The first kappa shape index (κ1) is 16.9. The van der Waals surface area contributed by atoms with Crippen LogP contribution in [0.25, 0.3) is 0 Å². The van der Waals surface area contributed by atoms with Gasteiger partial charge in [0.1, 0.15) is 0 Å². The molecule has 0 radical (unpaired) electrons. The third-order valence-electron chi connectivity index (χ3n) is 5.16. The molecule has 2 aromatic rings. The molecule has 0 aliphatic heterocycles. The van der Waals surface area contributed by atoms with Gasteiger partial charge in [-0.05, 0) is 49.5 Å². The van der Waals surface area contributed by atoms with Gasteiger partial charge < -0.3 is 4.90 Å². The lowest BCUT2D eigenvalue weighted by molar-refractivity contribution is 0.313. The summed E-state index contributed by atoms with van der Waals surface area (Å²) in [6, 6.07) is 15.4. The molecule has 0 heterocycles. The molecule has 0 aromatic heterocycles. The number of benzene rings is 2. The molecule has 0 fully saturated rings. The number of aliphatic imine (C=N–C) groups is 1. The Bertz CT molecular complexity index is 726. The third-order valence-corrected chi connectivity index (χ3v) is 5.16. The van der Waals surface area contributed by atoms with Gasteiger partial charge in [-0.15, -0.1) is 0 Å². The van der Waals surface area contributed by atoms with Gasteiger partial charge in [0.05, 0.1) is 12.3 Å². The quantitative estimate of drug-likeness (QED) is 0.803. The van der Waals surface area contributed by atoms with Gasteiger partial charge in [-0.3, -0.25) is 4.99 Å². The minimum atomic E-state index is 0.860. The zero-order valence-corrected chi connectivity index (χ0v) is 15.2. The van der Waals surface area contributed by atoms with E-state index in [1.54, 1.807) is 0 Å². The van der Waals surface area contributed by atoms with Crippen molar-refractivity contribution in [2.24, 2.45) is 4.99 Å². The fraction of sp³-hybridized carbons (Fsp3) is 0.409. The first-order chi connectivity index (χ1) is 11.7. The van der Waals surface area contributed by atoms with Gasteiger partial charge >= 0.3 is 0 Å². The van der Waals surface area contributed by atoms with E-state index >= 15 is 0 Å². The maximum atomic E-state index is 5.08. The first-order valence-electron chi connectivity index (χ1n) is 9.18. The number of hydrogen-bond acceptors (Lipinski definition) is 2. The van der Waals surface area contributed by atoms with E-state index in [9.17, 15) is 0 Å². The minimum Gasteiger partial charge on any atom is -0.302 e. The van der Waals surface area contributed by atoms with Gasteiger partial charge in [0.25, 0.3) is 0 Å². The van der Waals surface area contributed by atoms with Gasteiger partial charge in [-0.2, -0.15) is 0 Å². The van der Waals surface area contributed by atoms with E-state index in [-0.39, 0.29) is 0 Å². The molecule has 3 rings (SSSR count). The summed E-state index contributed by atoms with van der Waals surface area (Å²) in [4.78, 5) is 7.51. The number of aryl methyl sites for hydroxylation is 2. The molecule has 0 atom stereocenters. The van der Waals surface area contributed by atoms with Crippen LogP contribution in [0.2, 0.25) is 0 Å². The zero-order valence-electron chi connectivity index (χ0n) is 15.2. The summed E-state index contributed by atoms with van der Waals surface area (Å²) in [7, 11) is 0. The summed E-state index contributed by atoms with van der Waals surface area (Å²) >= 11 is 0. The first-order valence-corrected chi connectivity index (χ1v) is 9.18. The Labute approximate surface area is 146 Å². The van der Waals surface area contributed by atoms with Crippen LogP contribution in [0.15, 0.2) is 47.5 Å². The van der Waals surface area contributed by atoms with Gasteiger partial charge in [-0.25, -0.2) is 0 Å². The lowest BCUT2D eigenvalue weighted by Crippen LogP contribution is -2.26. The second-order valence-corrected chi connectivity index (χ2v) is 6.52. The lowest BCUT2D eigenvalue weighted by Gasteiger charge is -2.17. The molecule has 2 aromatic carbocycles. The largest absolute Gasteiger partial charge is 0.302 e. The number of hydrogen-bond donors (Lipinski definition) is 0. The summed E-state index contributed by atoms with van der Waals surface area (Å²) < 4.78 is 0. The van der Waals surface area contributed by atoms with Crippen LogP contribution in [0.1, 0.15) is 41.7 Å². The molecule has 0 bridgehead atoms. The molecular weight excluding hydrogens is 292 g/mol. The zero-order chi connectivity index (χ0) is 16.9. The van der Waals surface area contributed by atoms with Crippen molar-refractivity contribution in [3.63, 3.8) is 0 Å². The summed E-state index contributed by atoms with van der Waals surface area (Å²) in [5.74, 6) is 0. The highest BCUT2D eigenvalue weighted by Gasteiger charge is 2.20. The fourth-order valence-corrected chi connectivity index (χ4v) is 3.64. The highest BCUT2D eigenvalue weighted by molar-refractivity contribution is 6.15. The van der Waals surface area contributed by atoms with Crippen molar-refractivity contribution in [2.75, 3.05) is 26.2 Å². The Balaban J connectivity index is 2.01. The average molecular weight is 320 g/mol. The molecule has 2 heteroatoms. The Morgan fingerprint density at radius 1 is 0.917 bits per heavy atom. The summed E-state index contributed by atoms with van der Waals surface area (Å²) in [6.45, 7) is 10.7. The molecule has 1 aliphatic rings. The van der Waals surface area contributed by atoms with E-state index in [4.69, 9.17) is 4.99 Å². The normalized spacial score (nSPS) is 15.2. The number of rotatable bonds is 5. The van der Waals surface area contributed by atoms with Gasteiger partial charge in [0.15, 0.2) is 0 Å².